The molecule has 2 aromatic carbocycles. The number of imide groups is 1. The maximum Gasteiger partial charge on any atom is 0.278 e. The van der Waals surface area contributed by atoms with Crippen molar-refractivity contribution in [2.45, 2.75) is 6.54 Å². The number of carbonyl (C=O) groups excluding carboxylic acids is 2. The van der Waals surface area contributed by atoms with Gasteiger partial charge in [0.25, 0.3) is 11.8 Å². The molecule has 0 spiro atoms. The number of hydrogen-bond acceptors (Lipinski definition) is 5. The summed E-state index contributed by atoms with van der Waals surface area (Å²) in [6, 6.07) is 15.6. The molecule has 0 bridgehead atoms. The van der Waals surface area contributed by atoms with Crippen molar-refractivity contribution >= 4 is 34.7 Å². The van der Waals surface area contributed by atoms with Gasteiger partial charge in [0.1, 0.15) is 17.3 Å². The van der Waals surface area contributed by atoms with Crippen LogP contribution in [0.4, 0.5) is 10.1 Å². The van der Waals surface area contributed by atoms with Gasteiger partial charge in [-0.15, -0.1) is 0 Å². The molecule has 8 heteroatoms. The second-order valence-corrected chi connectivity index (χ2v) is 7.16. The Balaban J connectivity index is 1.74. The van der Waals surface area contributed by atoms with Crippen LogP contribution in [-0.2, 0) is 16.1 Å². The van der Waals surface area contributed by atoms with Gasteiger partial charge in [-0.05, 0) is 48.0 Å². The van der Waals surface area contributed by atoms with E-state index in [1.807, 2.05) is 0 Å². The maximum absolute atomic E-state index is 13.4. The molecular weight excluding hydrogens is 421 g/mol. The first kappa shape index (κ1) is 20.6. The minimum Gasteiger partial charge on any atom is -0.495 e. The summed E-state index contributed by atoms with van der Waals surface area (Å²) in [5.74, 6) is -0.972. The van der Waals surface area contributed by atoms with E-state index in [0.717, 1.165) is 4.90 Å². The fraction of sp³-hybridized carbons (Fsp3) is 0.0870. The van der Waals surface area contributed by atoms with E-state index in [4.69, 9.17) is 16.3 Å². The molecule has 0 aliphatic carbocycles. The van der Waals surface area contributed by atoms with Crippen molar-refractivity contribution in [3.05, 3.63) is 94.7 Å². The Morgan fingerprint density at radius 1 is 1.06 bits per heavy atom. The van der Waals surface area contributed by atoms with E-state index in [-0.39, 0.29) is 17.8 Å². The van der Waals surface area contributed by atoms with E-state index < -0.39 is 17.6 Å². The molecule has 0 atom stereocenters. The van der Waals surface area contributed by atoms with Gasteiger partial charge in [-0.3, -0.25) is 19.5 Å². The van der Waals surface area contributed by atoms with Crippen LogP contribution in [0.25, 0.3) is 5.57 Å². The number of amides is 2. The molecule has 1 aromatic heterocycles. The number of hydrogen-bond donors (Lipinski definition) is 1. The van der Waals surface area contributed by atoms with Gasteiger partial charge in [0.15, 0.2) is 0 Å². The second kappa shape index (κ2) is 8.57. The predicted octanol–water partition coefficient (Wildman–Crippen LogP) is 4.27. The average Bonchev–Trinajstić information content (AvgIpc) is 3.00. The van der Waals surface area contributed by atoms with E-state index in [0.29, 0.717) is 27.7 Å². The quantitative estimate of drug-likeness (QED) is 0.583. The number of ether oxygens (including phenoxy) is 1. The van der Waals surface area contributed by atoms with Crippen LogP contribution in [0.1, 0.15) is 11.3 Å². The number of aromatic nitrogens is 1. The summed E-state index contributed by atoms with van der Waals surface area (Å²) in [5.41, 5.74) is 1.71. The highest BCUT2D eigenvalue weighted by Gasteiger charge is 2.39. The maximum atomic E-state index is 13.4. The van der Waals surface area contributed by atoms with Gasteiger partial charge in [0.05, 0.1) is 29.9 Å². The fourth-order valence-electron chi connectivity index (χ4n) is 3.26. The normalized spacial score (nSPS) is 13.7. The zero-order valence-electron chi connectivity index (χ0n) is 16.4. The van der Waals surface area contributed by atoms with E-state index in [9.17, 15) is 14.0 Å². The van der Waals surface area contributed by atoms with Crippen molar-refractivity contribution in [1.82, 2.24) is 9.88 Å². The van der Waals surface area contributed by atoms with E-state index in [2.05, 4.69) is 10.3 Å². The van der Waals surface area contributed by atoms with Crippen LogP contribution in [0, 0.1) is 5.82 Å². The Kier molecular flexibility index (Phi) is 5.68. The van der Waals surface area contributed by atoms with Gasteiger partial charge in [-0.1, -0.05) is 29.8 Å². The van der Waals surface area contributed by atoms with Crippen molar-refractivity contribution in [3.8, 4) is 5.75 Å². The Labute approximate surface area is 182 Å². The lowest BCUT2D eigenvalue weighted by Gasteiger charge is -2.15. The zero-order valence-corrected chi connectivity index (χ0v) is 17.2. The molecule has 1 aliphatic rings. The Bertz CT molecular complexity index is 1180. The number of pyridine rings is 1. The number of nitrogens with one attached hydrogen (secondary N) is 1. The van der Waals surface area contributed by atoms with Crippen LogP contribution in [-0.4, -0.2) is 28.8 Å². The van der Waals surface area contributed by atoms with Crippen LogP contribution in [0.3, 0.4) is 0 Å². The summed E-state index contributed by atoms with van der Waals surface area (Å²) in [6.07, 6.45) is 1.59. The van der Waals surface area contributed by atoms with Gasteiger partial charge < -0.3 is 10.1 Å². The predicted molar refractivity (Wildman–Crippen MR) is 115 cm³/mol. The first-order valence-electron chi connectivity index (χ1n) is 9.35. The molecule has 0 unspecified atom stereocenters. The van der Waals surface area contributed by atoms with Gasteiger partial charge in [0, 0.05) is 11.9 Å². The largest absolute Gasteiger partial charge is 0.495 e. The average molecular weight is 438 g/mol. The van der Waals surface area contributed by atoms with Crippen molar-refractivity contribution in [2.24, 2.45) is 0 Å². The molecule has 31 heavy (non-hydrogen) atoms. The number of halogens is 2. The van der Waals surface area contributed by atoms with Crippen molar-refractivity contribution < 1.29 is 18.7 Å². The standard InChI is InChI=1S/C23H17ClFN3O3/c1-31-19-10-9-16(12-18(19)24)27-21-20(14-5-7-15(25)8-6-14)22(29)28(23(21)30)13-17-4-2-3-11-26-17/h2-12,27H,13H2,1H3. The van der Waals surface area contributed by atoms with Gasteiger partial charge in [-0.25, -0.2) is 4.39 Å². The third-order valence-corrected chi connectivity index (χ3v) is 5.06. The van der Waals surface area contributed by atoms with Gasteiger partial charge in [-0.2, -0.15) is 0 Å². The van der Waals surface area contributed by atoms with Crippen molar-refractivity contribution in [3.63, 3.8) is 0 Å². The Hall–Kier alpha value is -3.71. The Morgan fingerprint density at radius 3 is 2.48 bits per heavy atom. The van der Waals surface area contributed by atoms with Crippen molar-refractivity contribution in [2.75, 3.05) is 12.4 Å². The summed E-state index contributed by atoms with van der Waals surface area (Å²) in [7, 11) is 1.50. The van der Waals surface area contributed by atoms with Crippen LogP contribution >= 0.6 is 11.6 Å². The molecule has 0 saturated heterocycles. The molecule has 2 amide bonds. The van der Waals surface area contributed by atoms with E-state index in [1.165, 1.54) is 31.4 Å². The topological polar surface area (TPSA) is 71.5 Å². The summed E-state index contributed by atoms with van der Waals surface area (Å²) < 4.78 is 18.6. The first-order chi connectivity index (χ1) is 15.0. The highest BCUT2D eigenvalue weighted by Crippen LogP contribution is 2.33. The van der Waals surface area contributed by atoms with Crippen LogP contribution < -0.4 is 10.1 Å². The summed E-state index contributed by atoms with van der Waals surface area (Å²) in [5, 5.41) is 3.35. The number of benzene rings is 2. The van der Waals surface area contributed by atoms with Crippen LogP contribution in [0.2, 0.25) is 5.02 Å². The van der Waals surface area contributed by atoms with Gasteiger partial charge in [0.2, 0.25) is 0 Å². The first-order valence-corrected chi connectivity index (χ1v) is 9.72. The summed E-state index contributed by atoms with van der Waals surface area (Å²) in [4.78, 5) is 31.7. The van der Waals surface area contributed by atoms with Crippen LogP contribution in [0.5, 0.6) is 5.75 Å². The highest BCUT2D eigenvalue weighted by molar-refractivity contribution is 6.36. The minimum absolute atomic E-state index is 0.0117. The molecule has 156 valence electrons. The fourth-order valence-corrected chi connectivity index (χ4v) is 3.52. The smallest absolute Gasteiger partial charge is 0.278 e. The third kappa shape index (κ3) is 4.13. The molecule has 4 rings (SSSR count). The molecule has 1 N–H and O–H groups in total. The zero-order chi connectivity index (χ0) is 22.0. The Morgan fingerprint density at radius 2 is 1.84 bits per heavy atom. The lowest BCUT2D eigenvalue weighted by Crippen LogP contribution is -2.32. The number of methoxy groups -OCH3 is 1. The van der Waals surface area contributed by atoms with E-state index >= 15 is 0 Å². The number of carbonyl (C=O) groups is 2. The van der Waals surface area contributed by atoms with Crippen molar-refractivity contribution in [1.29, 1.82) is 0 Å². The summed E-state index contributed by atoms with van der Waals surface area (Å²) >= 11 is 6.19. The molecule has 0 saturated carbocycles. The number of nitrogens with zero attached hydrogens (tertiary/aromatic N) is 2. The highest BCUT2D eigenvalue weighted by atomic mass is 35.5. The molecule has 6 nitrogen and oxygen atoms in total. The van der Waals surface area contributed by atoms with E-state index in [1.54, 1.807) is 42.6 Å². The monoisotopic (exact) mass is 437 g/mol. The third-order valence-electron chi connectivity index (χ3n) is 4.77. The number of rotatable bonds is 6. The molecule has 2 heterocycles. The minimum atomic E-state index is -0.512. The molecule has 3 aromatic rings. The molecule has 0 fully saturated rings. The molecular formula is C23H17ClFN3O3. The number of anilines is 1. The SMILES string of the molecule is COc1ccc(NC2=C(c3ccc(F)cc3)C(=O)N(Cc3ccccn3)C2=O)cc1Cl. The van der Waals surface area contributed by atoms with Gasteiger partial charge >= 0.3 is 0 Å². The summed E-state index contributed by atoms with van der Waals surface area (Å²) in [6.45, 7) is 0.0117. The second-order valence-electron chi connectivity index (χ2n) is 6.75. The molecule has 1 aliphatic heterocycles. The van der Waals surface area contributed by atoms with Crippen LogP contribution in [0.15, 0.2) is 72.6 Å². The molecule has 0 radical (unpaired) electrons. The lowest BCUT2D eigenvalue weighted by atomic mass is 10.0. The lowest BCUT2D eigenvalue weighted by molar-refractivity contribution is -0.137.